The van der Waals surface area contributed by atoms with Crippen LogP contribution >= 0.6 is 11.6 Å². The highest BCUT2D eigenvalue weighted by Gasteiger charge is 2.01. The summed E-state index contributed by atoms with van der Waals surface area (Å²) in [5.41, 5.74) is 3.45. The van der Waals surface area contributed by atoms with Gasteiger partial charge in [-0.05, 0) is 43.0 Å². The van der Waals surface area contributed by atoms with Crippen LogP contribution < -0.4 is 0 Å². The van der Waals surface area contributed by atoms with E-state index in [0.29, 0.717) is 6.42 Å². The zero-order valence-corrected chi connectivity index (χ0v) is 8.69. The first-order chi connectivity index (χ1) is 6.15. The summed E-state index contributed by atoms with van der Waals surface area (Å²) >= 11 is 6.01. The number of carbonyl (C=O) groups is 1. The van der Waals surface area contributed by atoms with Gasteiger partial charge < -0.3 is 4.79 Å². The number of halogens is 1. The summed E-state index contributed by atoms with van der Waals surface area (Å²) in [6.07, 6.45) is 2.28. The molecule has 0 amide bonds. The average Bonchev–Trinajstić information content (AvgIpc) is 2.10. The Kier molecular flexibility index (Phi) is 3.49. The van der Waals surface area contributed by atoms with Crippen molar-refractivity contribution in [2.45, 2.75) is 26.7 Å². The molecule has 0 aliphatic carbocycles. The standard InChI is InChI=1S/C11H13ClO/c1-8-6-10(4-3-5-13)7-11(12)9(8)2/h5-7H,3-4H2,1-2H3. The van der Waals surface area contributed by atoms with Crippen molar-refractivity contribution in [1.29, 1.82) is 0 Å². The van der Waals surface area contributed by atoms with E-state index in [1.807, 2.05) is 19.9 Å². The number of rotatable bonds is 3. The fourth-order valence-corrected chi connectivity index (χ4v) is 1.55. The maximum Gasteiger partial charge on any atom is 0.120 e. The van der Waals surface area contributed by atoms with Gasteiger partial charge in [0.25, 0.3) is 0 Å². The molecule has 13 heavy (non-hydrogen) atoms. The van der Waals surface area contributed by atoms with Crippen LogP contribution in [-0.2, 0) is 11.2 Å². The van der Waals surface area contributed by atoms with E-state index in [1.165, 1.54) is 5.56 Å². The minimum absolute atomic E-state index is 0.568. The van der Waals surface area contributed by atoms with E-state index in [4.69, 9.17) is 11.6 Å². The molecule has 0 aliphatic rings. The first kappa shape index (κ1) is 10.3. The van der Waals surface area contributed by atoms with Crippen LogP contribution in [0.15, 0.2) is 12.1 Å². The Balaban J connectivity index is 2.92. The summed E-state index contributed by atoms with van der Waals surface area (Å²) in [5.74, 6) is 0. The molecule has 0 heterocycles. The van der Waals surface area contributed by atoms with Crippen LogP contribution in [0.4, 0.5) is 0 Å². The van der Waals surface area contributed by atoms with Crippen molar-refractivity contribution >= 4 is 17.9 Å². The highest BCUT2D eigenvalue weighted by atomic mass is 35.5. The molecule has 0 spiro atoms. The fourth-order valence-electron chi connectivity index (χ4n) is 1.26. The number of hydrogen-bond acceptors (Lipinski definition) is 1. The van der Waals surface area contributed by atoms with Gasteiger partial charge in [-0.25, -0.2) is 0 Å². The lowest BCUT2D eigenvalue weighted by atomic mass is 10.0. The normalized spacial score (nSPS) is 10.1. The number of hydrogen-bond donors (Lipinski definition) is 0. The maximum atomic E-state index is 10.2. The Morgan fingerprint density at radius 1 is 1.38 bits per heavy atom. The quantitative estimate of drug-likeness (QED) is 0.679. The van der Waals surface area contributed by atoms with Gasteiger partial charge in [-0.15, -0.1) is 0 Å². The third kappa shape index (κ3) is 2.56. The zero-order chi connectivity index (χ0) is 9.84. The molecule has 0 atom stereocenters. The molecule has 0 saturated carbocycles. The van der Waals surface area contributed by atoms with Crippen molar-refractivity contribution in [1.82, 2.24) is 0 Å². The smallest absolute Gasteiger partial charge is 0.120 e. The van der Waals surface area contributed by atoms with Crippen LogP contribution in [0.5, 0.6) is 0 Å². The van der Waals surface area contributed by atoms with Crippen molar-refractivity contribution < 1.29 is 4.79 Å². The largest absolute Gasteiger partial charge is 0.303 e. The minimum atomic E-state index is 0.568. The lowest BCUT2D eigenvalue weighted by Gasteiger charge is -2.06. The Bertz CT molecular complexity index is 295. The van der Waals surface area contributed by atoms with Crippen LogP contribution in [0.3, 0.4) is 0 Å². The molecule has 0 saturated heterocycles. The lowest BCUT2D eigenvalue weighted by molar-refractivity contribution is -0.107. The summed E-state index contributed by atoms with van der Waals surface area (Å²) in [6, 6.07) is 4.03. The molecule has 0 bridgehead atoms. The molecule has 2 heteroatoms. The van der Waals surface area contributed by atoms with Gasteiger partial charge in [0.05, 0.1) is 0 Å². The van der Waals surface area contributed by atoms with Crippen LogP contribution in [0.25, 0.3) is 0 Å². The van der Waals surface area contributed by atoms with Crippen LogP contribution in [0, 0.1) is 13.8 Å². The topological polar surface area (TPSA) is 17.1 Å². The molecule has 0 N–H and O–H groups in total. The van der Waals surface area contributed by atoms with E-state index in [-0.39, 0.29) is 0 Å². The Hall–Kier alpha value is -0.820. The summed E-state index contributed by atoms with van der Waals surface area (Å²) < 4.78 is 0. The average molecular weight is 197 g/mol. The monoisotopic (exact) mass is 196 g/mol. The van der Waals surface area contributed by atoms with Gasteiger partial charge in [-0.3, -0.25) is 0 Å². The second-order valence-electron chi connectivity index (χ2n) is 3.22. The summed E-state index contributed by atoms with van der Waals surface area (Å²) in [5, 5.41) is 0.792. The molecule has 1 aromatic carbocycles. The molecule has 1 nitrogen and oxygen atoms in total. The van der Waals surface area contributed by atoms with Crippen molar-refractivity contribution in [3.05, 3.63) is 33.8 Å². The van der Waals surface area contributed by atoms with Gasteiger partial charge in [0.1, 0.15) is 6.29 Å². The number of benzene rings is 1. The minimum Gasteiger partial charge on any atom is -0.303 e. The maximum absolute atomic E-state index is 10.2. The lowest BCUT2D eigenvalue weighted by Crippen LogP contribution is -1.90. The Labute approximate surface area is 83.7 Å². The molecule has 0 radical (unpaired) electrons. The summed E-state index contributed by atoms with van der Waals surface area (Å²) in [7, 11) is 0. The summed E-state index contributed by atoms with van der Waals surface area (Å²) in [6.45, 7) is 4.03. The van der Waals surface area contributed by atoms with Gasteiger partial charge in [0.15, 0.2) is 0 Å². The van der Waals surface area contributed by atoms with E-state index < -0.39 is 0 Å². The van der Waals surface area contributed by atoms with Crippen molar-refractivity contribution in [2.75, 3.05) is 0 Å². The SMILES string of the molecule is Cc1cc(CCC=O)cc(Cl)c1C. The van der Waals surface area contributed by atoms with Gasteiger partial charge in [0, 0.05) is 11.4 Å². The Morgan fingerprint density at radius 3 is 2.62 bits per heavy atom. The van der Waals surface area contributed by atoms with E-state index in [1.54, 1.807) is 0 Å². The number of aldehydes is 1. The van der Waals surface area contributed by atoms with Gasteiger partial charge in [0.2, 0.25) is 0 Å². The third-order valence-electron chi connectivity index (χ3n) is 2.21. The Morgan fingerprint density at radius 2 is 2.08 bits per heavy atom. The van der Waals surface area contributed by atoms with Gasteiger partial charge >= 0.3 is 0 Å². The molecule has 1 aromatic rings. The van der Waals surface area contributed by atoms with Gasteiger partial charge in [-0.2, -0.15) is 0 Å². The first-order valence-corrected chi connectivity index (χ1v) is 4.72. The molecular weight excluding hydrogens is 184 g/mol. The first-order valence-electron chi connectivity index (χ1n) is 4.34. The van der Waals surface area contributed by atoms with Crippen LogP contribution in [0.1, 0.15) is 23.1 Å². The van der Waals surface area contributed by atoms with Gasteiger partial charge in [-0.1, -0.05) is 17.7 Å². The highest BCUT2D eigenvalue weighted by Crippen LogP contribution is 2.21. The van der Waals surface area contributed by atoms with E-state index >= 15 is 0 Å². The fraction of sp³-hybridized carbons (Fsp3) is 0.364. The van der Waals surface area contributed by atoms with Crippen molar-refractivity contribution in [3.63, 3.8) is 0 Å². The van der Waals surface area contributed by atoms with E-state index in [2.05, 4.69) is 6.07 Å². The second kappa shape index (κ2) is 4.43. The molecular formula is C11H13ClO. The predicted octanol–water partition coefficient (Wildman–Crippen LogP) is 3.09. The number of carbonyl (C=O) groups excluding carboxylic acids is 1. The molecule has 0 fully saturated rings. The molecule has 70 valence electrons. The van der Waals surface area contributed by atoms with Crippen molar-refractivity contribution in [3.8, 4) is 0 Å². The third-order valence-corrected chi connectivity index (χ3v) is 2.61. The molecule has 0 aliphatic heterocycles. The number of aryl methyl sites for hydroxylation is 2. The summed E-state index contributed by atoms with van der Waals surface area (Å²) in [4.78, 5) is 10.2. The van der Waals surface area contributed by atoms with Crippen LogP contribution in [-0.4, -0.2) is 6.29 Å². The highest BCUT2D eigenvalue weighted by molar-refractivity contribution is 6.31. The predicted molar refractivity (Wildman–Crippen MR) is 55.3 cm³/mol. The zero-order valence-electron chi connectivity index (χ0n) is 7.93. The van der Waals surface area contributed by atoms with E-state index in [9.17, 15) is 4.79 Å². The second-order valence-corrected chi connectivity index (χ2v) is 3.63. The molecule has 1 rings (SSSR count). The van der Waals surface area contributed by atoms with Crippen LogP contribution in [0.2, 0.25) is 5.02 Å². The molecule has 0 aromatic heterocycles. The molecule has 0 unspecified atom stereocenters. The van der Waals surface area contributed by atoms with Crippen molar-refractivity contribution in [2.24, 2.45) is 0 Å². The van der Waals surface area contributed by atoms with E-state index in [0.717, 1.165) is 28.9 Å².